The number of carbonyl (C=O) groups is 3. The zero-order chi connectivity index (χ0) is 11.3. The highest BCUT2D eigenvalue weighted by atomic mass is 16.6. The van der Waals surface area contributed by atoms with Crippen molar-refractivity contribution in [3.05, 3.63) is 0 Å². The molecule has 2 atom stereocenters. The van der Waals surface area contributed by atoms with Gasteiger partial charge in [-0.2, -0.15) is 0 Å². The summed E-state index contributed by atoms with van der Waals surface area (Å²) in [5, 5.41) is 17.1. The molecule has 6 heteroatoms. The number of carbonyl (C=O) groups excluding carboxylic acids is 3. The lowest BCUT2D eigenvalue weighted by molar-refractivity contribution is -0.169. The average Bonchev–Trinajstić information content (AvgIpc) is 2.14. The number of aliphatic hydroxyl groups excluding tert-OH is 2. The topological polar surface area (TPSA) is 101 Å². The first-order valence-electron chi connectivity index (χ1n) is 3.95. The molecule has 2 unspecified atom stereocenters. The second kappa shape index (κ2) is 5.46. The van der Waals surface area contributed by atoms with Crippen molar-refractivity contribution in [2.24, 2.45) is 5.92 Å². The molecule has 0 spiro atoms. The number of ether oxygens (including phenoxy) is 1. The number of rotatable bonds is 4. The highest BCUT2D eigenvalue weighted by Gasteiger charge is 2.25. The van der Waals surface area contributed by atoms with Gasteiger partial charge in [-0.15, -0.1) is 0 Å². The molecule has 0 aromatic heterocycles. The van der Waals surface area contributed by atoms with Gasteiger partial charge in [-0.3, -0.25) is 9.59 Å². The normalized spacial score (nSPS) is 14.3. The summed E-state index contributed by atoms with van der Waals surface area (Å²) in [6.07, 6.45) is -1.75. The highest BCUT2D eigenvalue weighted by molar-refractivity contribution is 6.01. The van der Waals surface area contributed by atoms with Crippen LogP contribution >= 0.6 is 0 Å². The minimum absolute atomic E-state index is 0.443. The second-order valence-corrected chi connectivity index (χ2v) is 2.77. The van der Waals surface area contributed by atoms with E-state index >= 15 is 0 Å². The van der Waals surface area contributed by atoms with E-state index in [0.29, 0.717) is 0 Å². The molecule has 0 heterocycles. The Labute approximate surface area is 80.5 Å². The van der Waals surface area contributed by atoms with Gasteiger partial charge in [0.15, 0.2) is 6.10 Å². The maximum absolute atomic E-state index is 11.0. The second-order valence-electron chi connectivity index (χ2n) is 2.77. The number of ketones is 1. The highest BCUT2D eigenvalue weighted by Crippen LogP contribution is 2.01. The first-order chi connectivity index (χ1) is 6.40. The Morgan fingerprint density at radius 3 is 2.14 bits per heavy atom. The lowest BCUT2D eigenvalue weighted by atomic mass is 10.1. The number of hydrogen-bond acceptors (Lipinski definition) is 6. The molecule has 0 saturated carbocycles. The van der Waals surface area contributed by atoms with Crippen LogP contribution in [0.1, 0.15) is 13.8 Å². The fraction of sp³-hybridized carbons (Fsp3) is 0.625. The summed E-state index contributed by atoms with van der Waals surface area (Å²) in [4.78, 5) is 32.4. The summed E-state index contributed by atoms with van der Waals surface area (Å²) in [6.45, 7) is 1.63. The van der Waals surface area contributed by atoms with Crippen molar-refractivity contribution in [1.29, 1.82) is 0 Å². The van der Waals surface area contributed by atoms with Crippen LogP contribution < -0.4 is 0 Å². The zero-order valence-corrected chi connectivity index (χ0v) is 7.89. The van der Waals surface area contributed by atoms with E-state index in [-0.39, 0.29) is 0 Å². The predicted octanol–water partition coefficient (Wildman–Crippen LogP) is -1.37. The van der Waals surface area contributed by atoms with Crippen LogP contribution in [0.15, 0.2) is 0 Å². The molecule has 0 saturated heterocycles. The predicted molar refractivity (Wildman–Crippen MR) is 44.0 cm³/mol. The van der Waals surface area contributed by atoms with E-state index in [2.05, 4.69) is 4.74 Å². The molecular weight excluding hydrogens is 192 g/mol. The standard InChI is InChI=1S/C8H12O6/c1-4(5(2)10)7(12)14-8(13)6(11)3-9/h4,6,9,11H,3H2,1-2H3. The summed E-state index contributed by atoms with van der Waals surface area (Å²) >= 11 is 0. The van der Waals surface area contributed by atoms with E-state index in [0.717, 1.165) is 0 Å². The SMILES string of the molecule is CC(=O)C(C)C(=O)OC(=O)C(O)CO. The fourth-order valence-electron chi connectivity index (χ4n) is 0.496. The molecule has 0 rings (SSSR count). The van der Waals surface area contributed by atoms with Gasteiger partial charge < -0.3 is 14.9 Å². The Morgan fingerprint density at radius 1 is 1.29 bits per heavy atom. The van der Waals surface area contributed by atoms with Crippen molar-refractivity contribution in [2.45, 2.75) is 20.0 Å². The van der Waals surface area contributed by atoms with E-state index in [9.17, 15) is 14.4 Å². The summed E-state index contributed by atoms with van der Waals surface area (Å²) in [6, 6.07) is 0. The van der Waals surface area contributed by atoms with Crippen molar-refractivity contribution in [2.75, 3.05) is 6.61 Å². The number of hydrogen-bond donors (Lipinski definition) is 2. The van der Waals surface area contributed by atoms with Gasteiger partial charge in [0.05, 0.1) is 6.61 Å². The lowest BCUT2D eigenvalue weighted by Crippen LogP contribution is -2.32. The molecule has 0 radical (unpaired) electrons. The van der Waals surface area contributed by atoms with E-state index in [4.69, 9.17) is 10.2 Å². The molecule has 0 amide bonds. The van der Waals surface area contributed by atoms with Gasteiger partial charge in [0.1, 0.15) is 11.7 Å². The molecule has 0 aliphatic carbocycles. The third-order valence-electron chi connectivity index (χ3n) is 1.61. The lowest BCUT2D eigenvalue weighted by Gasteiger charge is -2.08. The molecule has 2 N–H and O–H groups in total. The Hall–Kier alpha value is -1.27. The van der Waals surface area contributed by atoms with Crippen molar-refractivity contribution < 1.29 is 29.3 Å². The summed E-state index contributed by atoms with van der Waals surface area (Å²) < 4.78 is 4.12. The van der Waals surface area contributed by atoms with Crippen LogP contribution in [0.4, 0.5) is 0 Å². The van der Waals surface area contributed by atoms with Gasteiger partial charge >= 0.3 is 11.9 Å². The van der Waals surface area contributed by atoms with Gasteiger partial charge in [-0.05, 0) is 13.8 Å². The maximum atomic E-state index is 11.0. The van der Waals surface area contributed by atoms with Gasteiger partial charge in [0.2, 0.25) is 0 Å². The van der Waals surface area contributed by atoms with Gasteiger partial charge in [-0.1, -0.05) is 0 Å². The number of Topliss-reactive ketones (excluding diaryl/α,β-unsaturated/α-hetero) is 1. The molecule has 6 nitrogen and oxygen atoms in total. The van der Waals surface area contributed by atoms with E-state index < -0.39 is 36.4 Å². The molecule has 0 aromatic carbocycles. The molecular formula is C8H12O6. The van der Waals surface area contributed by atoms with Crippen LogP contribution in [0.5, 0.6) is 0 Å². The first-order valence-corrected chi connectivity index (χ1v) is 3.95. The molecule has 80 valence electrons. The Kier molecular flexibility index (Phi) is 4.96. The zero-order valence-electron chi connectivity index (χ0n) is 7.89. The number of esters is 2. The third-order valence-corrected chi connectivity index (χ3v) is 1.61. The first kappa shape index (κ1) is 12.7. The quantitative estimate of drug-likeness (QED) is 0.433. The molecule has 0 fully saturated rings. The van der Waals surface area contributed by atoms with E-state index in [1.807, 2.05) is 0 Å². The van der Waals surface area contributed by atoms with Crippen molar-refractivity contribution >= 4 is 17.7 Å². The Morgan fingerprint density at radius 2 is 1.79 bits per heavy atom. The molecule has 0 aliphatic heterocycles. The van der Waals surface area contributed by atoms with Crippen LogP contribution in [0.3, 0.4) is 0 Å². The fourth-order valence-corrected chi connectivity index (χ4v) is 0.496. The summed E-state index contributed by atoms with van der Waals surface area (Å²) in [5.74, 6) is -3.79. The van der Waals surface area contributed by atoms with E-state index in [1.54, 1.807) is 0 Å². The van der Waals surface area contributed by atoms with Gasteiger partial charge in [0, 0.05) is 0 Å². The third kappa shape index (κ3) is 3.63. The molecule has 0 aliphatic rings. The van der Waals surface area contributed by atoms with Crippen molar-refractivity contribution in [3.63, 3.8) is 0 Å². The molecule has 0 bridgehead atoms. The monoisotopic (exact) mass is 204 g/mol. The van der Waals surface area contributed by atoms with Crippen LogP contribution in [0.25, 0.3) is 0 Å². The van der Waals surface area contributed by atoms with Crippen LogP contribution in [-0.4, -0.2) is 40.6 Å². The van der Waals surface area contributed by atoms with Crippen LogP contribution in [0, 0.1) is 5.92 Å². The largest absolute Gasteiger partial charge is 0.393 e. The van der Waals surface area contributed by atoms with Gasteiger partial charge in [0.25, 0.3) is 0 Å². The average molecular weight is 204 g/mol. The van der Waals surface area contributed by atoms with E-state index in [1.165, 1.54) is 13.8 Å². The summed E-state index contributed by atoms with van der Waals surface area (Å²) in [5.41, 5.74) is 0. The Bertz CT molecular complexity index is 246. The van der Waals surface area contributed by atoms with Crippen LogP contribution in [-0.2, 0) is 19.1 Å². The van der Waals surface area contributed by atoms with Gasteiger partial charge in [-0.25, -0.2) is 4.79 Å². The smallest absolute Gasteiger partial charge is 0.345 e. The molecule has 0 aromatic rings. The minimum atomic E-state index is -1.75. The van der Waals surface area contributed by atoms with Crippen molar-refractivity contribution in [1.82, 2.24) is 0 Å². The minimum Gasteiger partial charge on any atom is -0.393 e. The summed E-state index contributed by atoms with van der Waals surface area (Å²) in [7, 11) is 0. The number of aliphatic hydroxyl groups is 2. The Balaban J connectivity index is 4.19. The van der Waals surface area contributed by atoms with Crippen LogP contribution in [0.2, 0.25) is 0 Å². The maximum Gasteiger partial charge on any atom is 0.345 e. The molecule has 14 heavy (non-hydrogen) atoms. The van der Waals surface area contributed by atoms with Crippen molar-refractivity contribution in [3.8, 4) is 0 Å².